The second-order valence-corrected chi connectivity index (χ2v) is 4.25. The van der Waals surface area contributed by atoms with Gasteiger partial charge in [0.25, 0.3) is 0 Å². The third-order valence-corrected chi connectivity index (χ3v) is 3.10. The molecule has 0 amide bonds. The molecule has 0 unspecified atom stereocenters. The van der Waals surface area contributed by atoms with Crippen LogP contribution in [-0.4, -0.2) is 22.4 Å². The zero-order valence-corrected chi connectivity index (χ0v) is 9.49. The maximum Gasteiger partial charge on any atom is 0.115 e. The van der Waals surface area contributed by atoms with Crippen molar-refractivity contribution in [3.63, 3.8) is 0 Å². The molecular weight excluding hydrogens is 214 g/mol. The van der Waals surface area contributed by atoms with E-state index in [0.717, 1.165) is 24.4 Å². The van der Waals surface area contributed by atoms with Crippen LogP contribution in [0.1, 0.15) is 18.2 Å². The van der Waals surface area contributed by atoms with Crippen molar-refractivity contribution in [3.8, 4) is 5.69 Å². The van der Waals surface area contributed by atoms with Gasteiger partial charge in [0.05, 0.1) is 11.4 Å². The monoisotopic (exact) mass is 229 g/mol. The molecule has 1 aliphatic heterocycles. The van der Waals surface area contributed by atoms with E-state index in [1.54, 1.807) is 6.20 Å². The van der Waals surface area contributed by atoms with E-state index >= 15 is 0 Å². The highest BCUT2D eigenvalue weighted by Gasteiger charge is 2.29. The molecule has 2 aromatic rings. The van der Waals surface area contributed by atoms with E-state index in [9.17, 15) is 0 Å². The van der Waals surface area contributed by atoms with Gasteiger partial charge in [0, 0.05) is 18.8 Å². The van der Waals surface area contributed by atoms with Crippen molar-refractivity contribution in [2.45, 2.75) is 18.6 Å². The Bertz CT molecular complexity index is 494. The summed E-state index contributed by atoms with van der Waals surface area (Å²) >= 11 is 0. The maximum atomic E-state index is 6.05. The lowest BCUT2D eigenvalue weighted by Crippen LogP contribution is -2.25. The molecule has 17 heavy (non-hydrogen) atoms. The number of nitrogens with zero attached hydrogens (tertiary/aromatic N) is 2. The van der Waals surface area contributed by atoms with E-state index in [0.29, 0.717) is 0 Å². The van der Waals surface area contributed by atoms with Gasteiger partial charge in [-0.3, -0.25) is 0 Å². The van der Waals surface area contributed by atoms with E-state index in [1.807, 2.05) is 41.1 Å². The topological polar surface area (TPSA) is 53.1 Å². The number of nitrogens with two attached hydrogens (primary N) is 1. The minimum Gasteiger partial charge on any atom is -0.370 e. The Morgan fingerprint density at radius 3 is 2.76 bits per heavy atom. The van der Waals surface area contributed by atoms with Crippen molar-refractivity contribution in [3.05, 3.63) is 48.3 Å². The Morgan fingerprint density at radius 1 is 1.24 bits per heavy atom. The number of ether oxygens (including phenoxy) is 1. The van der Waals surface area contributed by atoms with Crippen LogP contribution in [0.3, 0.4) is 0 Å². The van der Waals surface area contributed by atoms with Gasteiger partial charge in [0.15, 0.2) is 0 Å². The zero-order chi connectivity index (χ0) is 11.7. The predicted octanol–water partition coefficient (Wildman–Crippen LogP) is 1.66. The van der Waals surface area contributed by atoms with Gasteiger partial charge < -0.3 is 10.5 Å². The highest BCUT2D eigenvalue weighted by Crippen LogP contribution is 2.28. The van der Waals surface area contributed by atoms with E-state index in [1.165, 1.54) is 0 Å². The molecule has 0 saturated carbocycles. The quantitative estimate of drug-likeness (QED) is 0.852. The fourth-order valence-corrected chi connectivity index (χ4v) is 2.22. The first kappa shape index (κ1) is 10.5. The standard InChI is InChI=1S/C13H15N3O/c14-11-7-9-17-13(11)12-6-8-15-16(12)10-4-2-1-3-5-10/h1-6,8,11,13H,7,9,14H2/t11-,13-/m1/s1. The minimum atomic E-state index is -0.0438. The lowest BCUT2D eigenvalue weighted by atomic mass is 10.1. The fraction of sp³-hybridized carbons (Fsp3) is 0.308. The molecule has 2 N–H and O–H groups in total. The first-order valence-corrected chi connectivity index (χ1v) is 5.83. The summed E-state index contributed by atoms with van der Waals surface area (Å²) in [6.45, 7) is 0.728. The fourth-order valence-electron chi connectivity index (χ4n) is 2.22. The van der Waals surface area contributed by atoms with Crippen LogP contribution in [0.4, 0.5) is 0 Å². The second kappa shape index (κ2) is 4.31. The summed E-state index contributed by atoms with van der Waals surface area (Å²) in [5, 5.41) is 4.35. The molecule has 1 aliphatic rings. The van der Waals surface area contributed by atoms with Crippen LogP contribution in [-0.2, 0) is 4.74 Å². The molecule has 0 bridgehead atoms. The van der Waals surface area contributed by atoms with Crippen molar-refractivity contribution in [1.29, 1.82) is 0 Å². The molecule has 4 nitrogen and oxygen atoms in total. The van der Waals surface area contributed by atoms with Crippen LogP contribution in [0.15, 0.2) is 42.6 Å². The summed E-state index contributed by atoms with van der Waals surface area (Å²) < 4.78 is 7.58. The zero-order valence-electron chi connectivity index (χ0n) is 9.49. The van der Waals surface area contributed by atoms with Crippen LogP contribution in [0, 0.1) is 0 Å². The molecular formula is C13H15N3O. The number of rotatable bonds is 2. The van der Waals surface area contributed by atoms with Gasteiger partial charge in [-0.2, -0.15) is 5.10 Å². The summed E-state index contributed by atoms with van der Waals surface area (Å²) in [5.74, 6) is 0. The van der Waals surface area contributed by atoms with E-state index < -0.39 is 0 Å². The summed E-state index contributed by atoms with van der Waals surface area (Å²) in [7, 11) is 0. The largest absolute Gasteiger partial charge is 0.370 e. The van der Waals surface area contributed by atoms with Gasteiger partial charge in [0.1, 0.15) is 6.10 Å². The van der Waals surface area contributed by atoms with Gasteiger partial charge in [-0.25, -0.2) is 4.68 Å². The molecule has 1 aromatic heterocycles. The Balaban J connectivity index is 2.00. The molecule has 1 aromatic carbocycles. The Morgan fingerprint density at radius 2 is 2.06 bits per heavy atom. The Hall–Kier alpha value is -1.65. The predicted molar refractivity (Wildman–Crippen MR) is 64.8 cm³/mol. The van der Waals surface area contributed by atoms with Crippen LogP contribution in [0.2, 0.25) is 0 Å². The van der Waals surface area contributed by atoms with Crippen molar-refractivity contribution >= 4 is 0 Å². The average Bonchev–Trinajstić information content (AvgIpc) is 2.98. The molecule has 2 heterocycles. The Kier molecular flexibility index (Phi) is 2.66. The molecule has 3 rings (SSSR count). The van der Waals surface area contributed by atoms with E-state index in [4.69, 9.17) is 10.5 Å². The number of aromatic nitrogens is 2. The Labute approximate surface area is 100 Å². The van der Waals surface area contributed by atoms with Crippen molar-refractivity contribution in [1.82, 2.24) is 9.78 Å². The van der Waals surface area contributed by atoms with Crippen molar-refractivity contribution in [2.24, 2.45) is 5.73 Å². The number of benzene rings is 1. The first-order chi connectivity index (χ1) is 8.36. The number of hydrogen-bond donors (Lipinski definition) is 1. The van der Waals surface area contributed by atoms with Gasteiger partial charge in [-0.05, 0) is 24.6 Å². The molecule has 1 fully saturated rings. The lowest BCUT2D eigenvalue weighted by molar-refractivity contribution is 0.0995. The summed E-state index contributed by atoms with van der Waals surface area (Å²) in [6, 6.07) is 12.1. The first-order valence-electron chi connectivity index (χ1n) is 5.83. The van der Waals surface area contributed by atoms with E-state index in [-0.39, 0.29) is 12.1 Å². The molecule has 1 saturated heterocycles. The number of hydrogen-bond acceptors (Lipinski definition) is 3. The highest BCUT2D eigenvalue weighted by molar-refractivity contribution is 5.33. The van der Waals surface area contributed by atoms with Crippen LogP contribution < -0.4 is 5.73 Å². The minimum absolute atomic E-state index is 0.0438. The summed E-state index contributed by atoms with van der Waals surface area (Å²) in [5.41, 5.74) is 8.12. The average molecular weight is 229 g/mol. The van der Waals surface area contributed by atoms with E-state index in [2.05, 4.69) is 5.10 Å². The van der Waals surface area contributed by atoms with Gasteiger partial charge in [0.2, 0.25) is 0 Å². The van der Waals surface area contributed by atoms with Crippen LogP contribution in [0.5, 0.6) is 0 Å². The van der Waals surface area contributed by atoms with Gasteiger partial charge >= 0.3 is 0 Å². The summed E-state index contributed by atoms with van der Waals surface area (Å²) in [4.78, 5) is 0. The third-order valence-electron chi connectivity index (χ3n) is 3.10. The molecule has 0 radical (unpaired) electrons. The number of para-hydroxylation sites is 1. The molecule has 2 atom stereocenters. The molecule has 0 spiro atoms. The normalized spacial score (nSPS) is 24.1. The smallest absolute Gasteiger partial charge is 0.115 e. The SMILES string of the molecule is N[C@@H]1CCO[C@H]1c1ccnn1-c1ccccc1. The van der Waals surface area contributed by atoms with Gasteiger partial charge in [-0.1, -0.05) is 18.2 Å². The molecule has 4 heteroatoms. The lowest BCUT2D eigenvalue weighted by Gasteiger charge is -2.16. The van der Waals surface area contributed by atoms with Crippen molar-refractivity contribution in [2.75, 3.05) is 6.61 Å². The van der Waals surface area contributed by atoms with Crippen LogP contribution >= 0.6 is 0 Å². The maximum absolute atomic E-state index is 6.05. The third kappa shape index (κ3) is 1.85. The molecule has 0 aliphatic carbocycles. The summed E-state index contributed by atoms with van der Waals surface area (Å²) in [6.07, 6.45) is 2.65. The highest BCUT2D eigenvalue weighted by atomic mass is 16.5. The van der Waals surface area contributed by atoms with Crippen LogP contribution in [0.25, 0.3) is 5.69 Å². The van der Waals surface area contributed by atoms with Crippen molar-refractivity contribution < 1.29 is 4.74 Å². The molecule has 88 valence electrons. The van der Waals surface area contributed by atoms with Gasteiger partial charge in [-0.15, -0.1) is 0 Å². The second-order valence-electron chi connectivity index (χ2n) is 4.25.